The summed E-state index contributed by atoms with van der Waals surface area (Å²) in [7, 11) is 0. The van der Waals surface area contributed by atoms with Gasteiger partial charge in [-0.1, -0.05) is 30.3 Å². The number of hydrogen-bond donors (Lipinski definition) is 0. The molecule has 2 heterocycles. The molecule has 1 fully saturated rings. The number of piperidine rings is 1. The minimum absolute atomic E-state index is 0.0531. The smallest absolute Gasteiger partial charge is 0.185 e. The third kappa shape index (κ3) is 3.52. The van der Waals surface area contributed by atoms with Crippen molar-refractivity contribution in [3.8, 4) is 0 Å². The molecular formula is C17H19N3O. The van der Waals surface area contributed by atoms with E-state index < -0.39 is 0 Å². The first kappa shape index (κ1) is 13.9. The molecule has 3 rings (SSSR count). The molecule has 0 N–H and O–H groups in total. The van der Waals surface area contributed by atoms with Crippen LogP contribution in [0.5, 0.6) is 0 Å². The van der Waals surface area contributed by atoms with Crippen LogP contribution >= 0.6 is 0 Å². The van der Waals surface area contributed by atoms with Crippen LogP contribution in [0, 0.1) is 5.92 Å². The van der Waals surface area contributed by atoms with Crippen LogP contribution in [0.3, 0.4) is 0 Å². The zero-order valence-corrected chi connectivity index (χ0v) is 12.0. The van der Waals surface area contributed by atoms with Crippen LogP contribution < -0.4 is 0 Å². The van der Waals surface area contributed by atoms with Gasteiger partial charge in [-0.2, -0.15) is 0 Å². The molecule has 21 heavy (non-hydrogen) atoms. The Labute approximate surface area is 124 Å². The molecule has 1 atom stereocenters. The number of likely N-dealkylation sites (tertiary alicyclic amines) is 1. The highest BCUT2D eigenvalue weighted by Crippen LogP contribution is 2.21. The summed E-state index contributed by atoms with van der Waals surface area (Å²) >= 11 is 0. The summed E-state index contributed by atoms with van der Waals surface area (Å²) in [5, 5.41) is 0. The molecule has 0 bridgehead atoms. The van der Waals surface area contributed by atoms with Gasteiger partial charge >= 0.3 is 0 Å². The molecule has 1 aromatic heterocycles. The number of nitrogens with zero attached hydrogens (tertiary/aromatic N) is 3. The van der Waals surface area contributed by atoms with Crippen molar-refractivity contribution in [3.05, 3.63) is 60.2 Å². The Bertz CT molecular complexity index is 585. The van der Waals surface area contributed by atoms with Crippen molar-refractivity contribution in [2.24, 2.45) is 5.92 Å². The zero-order chi connectivity index (χ0) is 14.5. The van der Waals surface area contributed by atoms with E-state index in [0.29, 0.717) is 5.69 Å². The molecule has 108 valence electrons. The maximum Gasteiger partial charge on any atom is 0.185 e. The first-order valence-corrected chi connectivity index (χ1v) is 7.39. The molecule has 1 saturated heterocycles. The molecule has 0 amide bonds. The summed E-state index contributed by atoms with van der Waals surface area (Å²) in [5.41, 5.74) is 1.84. The molecule has 0 spiro atoms. The normalized spacial score (nSPS) is 19.3. The molecular weight excluding hydrogens is 262 g/mol. The van der Waals surface area contributed by atoms with Crippen LogP contribution in [-0.4, -0.2) is 33.7 Å². The fraction of sp³-hybridized carbons (Fsp3) is 0.353. The first-order valence-electron chi connectivity index (χ1n) is 7.39. The third-order valence-electron chi connectivity index (χ3n) is 3.96. The number of hydrogen-bond acceptors (Lipinski definition) is 4. The van der Waals surface area contributed by atoms with Crippen LogP contribution in [0.4, 0.5) is 0 Å². The minimum atomic E-state index is 0.0531. The largest absolute Gasteiger partial charge is 0.298 e. The number of rotatable bonds is 4. The summed E-state index contributed by atoms with van der Waals surface area (Å²) in [6, 6.07) is 12.1. The standard InChI is InChI=1S/C17H19N3O/c21-17(16-8-9-18-13-19-16)15-7-4-10-20(12-15)11-14-5-2-1-3-6-14/h1-3,5-6,8-9,13,15H,4,7,10-12H2. The van der Waals surface area contributed by atoms with Crippen molar-refractivity contribution < 1.29 is 4.79 Å². The number of carbonyl (C=O) groups excluding carboxylic acids is 1. The van der Waals surface area contributed by atoms with Gasteiger partial charge in [0.1, 0.15) is 12.0 Å². The number of ketones is 1. The lowest BCUT2D eigenvalue weighted by Crippen LogP contribution is -2.38. The van der Waals surface area contributed by atoms with Crippen molar-refractivity contribution in [1.29, 1.82) is 0 Å². The maximum atomic E-state index is 12.5. The summed E-state index contributed by atoms with van der Waals surface area (Å²) < 4.78 is 0. The Morgan fingerprint density at radius 2 is 2.10 bits per heavy atom. The lowest BCUT2D eigenvalue weighted by atomic mass is 9.92. The summed E-state index contributed by atoms with van der Waals surface area (Å²) in [6.07, 6.45) is 5.09. The number of carbonyl (C=O) groups is 1. The predicted octanol–water partition coefficient (Wildman–Crippen LogP) is 2.57. The van der Waals surface area contributed by atoms with Gasteiger partial charge in [-0.25, -0.2) is 9.97 Å². The van der Waals surface area contributed by atoms with E-state index in [0.717, 1.165) is 32.5 Å². The van der Waals surface area contributed by atoms with Gasteiger partial charge in [-0.05, 0) is 31.0 Å². The van der Waals surface area contributed by atoms with Crippen molar-refractivity contribution in [1.82, 2.24) is 14.9 Å². The second-order valence-electron chi connectivity index (χ2n) is 5.52. The lowest BCUT2D eigenvalue weighted by molar-refractivity contribution is 0.0806. The van der Waals surface area contributed by atoms with E-state index in [-0.39, 0.29) is 11.7 Å². The topological polar surface area (TPSA) is 46.1 Å². The van der Waals surface area contributed by atoms with Crippen LogP contribution in [0.2, 0.25) is 0 Å². The molecule has 4 heteroatoms. The average Bonchev–Trinajstić information content (AvgIpc) is 2.56. The fourth-order valence-electron chi connectivity index (χ4n) is 2.90. The molecule has 1 unspecified atom stereocenters. The van der Waals surface area contributed by atoms with E-state index >= 15 is 0 Å². The van der Waals surface area contributed by atoms with E-state index in [9.17, 15) is 4.79 Å². The van der Waals surface area contributed by atoms with Crippen molar-refractivity contribution in [2.75, 3.05) is 13.1 Å². The van der Waals surface area contributed by atoms with Crippen LogP contribution in [0.15, 0.2) is 48.9 Å². The molecule has 1 aromatic carbocycles. The van der Waals surface area contributed by atoms with Gasteiger partial charge in [-0.15, -0.1) is 0 Å². The summed E-state index contributed by atoms with van der Waals surface area (Å²) in [5.74, 6) is 0.201. The van der Waals surface area contributed by atoms with Crippen LogP contribution in [0.25, 0.3) is 0 Å². The quantitative estimate of drug-likeness (QED) is 0.808. The SMILES string of the molecule is O=C(c1ccncn1)C1CCCN(Cc2ccccc2)C1. The Balaban J connectivity index is 1.64. The Hall–Kier alpha value is -2.07. The van der Waals surface area contributed by atoms with Crippen molar-refractivity contribution in [3.63, 3.8) is 0 Å². The Kier molecular flexibility index (Phi) is 4.36. The molecule has 0 aliphatic carbocycles. The molecule has 2 aromatic rings. The monoisotopic (exact) mass is 281 g/mol. The van der Waals surface area contributed by atoms with Crippen LogP contribution in [-0.2, 0) is 6.54 Å². The van der Waals surface area contributed by atoms with Gasteiger partial charge in [0.25, 0.3) is 0 Å². The second-order valence-corrected chi connectivity index (χ2v) is 5.52. The van der Waals surface area contributed by atoms with Gasteiger partial charge < -0.3 is 0 Å². The zero-order valence-electron chi connectivity index (χ0n) is 12.0. The van der Waals surface area contributed by atoms with Gasteiger partial charge in [-0.3, -0.25) is 9.69 Å². The minimum Gasteiger partial charge on any atom is -0.298 e. The van der Waals surface area contributed by atoms with E-state index in [1.165, 1.54) is 11.9 Å². The fourth-order valence-corrected chi connectivity index (χ4v) is 2.90. The van der Waals surface area contributed by atoms with Crippen molar-refractivity contribution >= 4 is 5.78 Å². The third-order valence-corrected chi connectivity index (χ3v) is 3.96. The number of benzene rings is 1. The molecule has 4 nitrogen and oxygen atoms in total. The second kappa shape index (κ2) is 6.59. The molecule has 1 aliphatic heterocycles. The summed E-state index contributed by atoms with van der Waals surface area (Å²) in [4.78, 5) is 22.8. The highest BCUT2D eigenvalue weighted by atomic mass is 16.1. The van der Waals surface area contributed by atoms with Gasteiger partial charge in [0.05, 0.1) is 0 Å². The average molecular weight is 281 g/mol. The Morgan fingerprint density at radius 1 is 1.24 bits per heavy atom. The van der Waals surface area contributed by atoms with Gasteiger partial charge in [0, 0.05) is 25.2 Å². The Morgan fingerprint density at radius 3 is 2.86 bits per heavy atom. The maximum absolute atomic E-state index is 12.5. The molecule has 1 aliphatic rings. The highest BCUT2D eigenvalue weighted by molar-refractivity contribution is 5.96. The van der Waals surface area contributed by atoms with Gasteiger partial charge in [0.2, 0.25) is 0 Å². The van der Waals surface area contributed by atoms with Crippen LogP contribution in [0.1, 0.15) is 28.9 Å². The summed E-state index contributed by atoms with van der Waals surface area (Å²) in [6.45, 7) is 2.79. The highest BCUT2D eigenvalue weighted by Gasteiger charge is 2.27. The number of Topliss-reactive ketones (excluding diaryl/α,β-unsaturated/α-hetero) is 1. The van der Waals surface area contributed by atoms with E-state index in [1.54, 1.807) is 12.3 Å². The lowest BCUT2D eigenvalue weighted by Gasteiger charge is -2.31. The molecule has 0 radical (unpaired) electrons. The van der Waals surface area contributed by atoms with E-state index in [4.69, 9.17) is 0 Å². The van der Waals surface area contributed by atoms with E-state index in [1.807, 2.05) is 6.07 Å². The number of aromatic nitrogens is 2. The predicted molar refractivity (Wildman–Crippen MR) is 80.8 cm³/mol. The van der Waals surface area contributed by atoms with E-state index in [2.05, 4.69) is 39.1 Å². The van der Waals surface area contributed by atoms with Gasteiger partial charge in [0.15, 0.2) is 5.78 Å². The first-order chi connectivity index (χ1) is 10.3. The molecule has 0 saturated carbocycles. The van der Waals surface area contributed by atoms with Crippen molar-refractivity contribution in [2.45, 2.75) is 19.4 Å².